The third-order valence-electron chi connectivity index (χ3n) is 3.37. The molecule has 0 aliphatic carbocycles. The quantitative estimate of drug-likeness (QED) is 0.760. The molecule has 1 heterocycles. The maximum atomic E-state index is 11.8. The first kappa shape index (κ1) is 12.9. The molecular weight excluding hydrogens is 226 g/mol. The summed E-state index contributed by atoms with van der Waals surface area (Å²) in [6, 6.07) is 10.4. The first-order valence-electron chi connectivity index (χ1n) is 6.57. The zero-order valence-corrected chi connectivity index (χ0v) is 10.8. The highest BCUT2D eigenvalue weighted by atomic mass is 16.2. The van der Waals surface area contributed by atoms with Gasteiger partial charge in [0.25, 0.3) is 0 Å². The lowest BCUT2D eigenvalue weighted by Gasteiger charge is -2.30. The number of carbonyl (C=O) groups is 1. The molecule has 1 aliphatic rings. The first-order chi connectivity index (χ1) is 8.75. The van der Waals surface area contributed by atoms with Gasteiger partial charge in [-0.2, -0.15) is 0 Å². The van der Waals surface area contributed by atoms with Crippen LogP contribution in [0.3, 0.4) is 0 Å². The van der Waals surface area contributed by atoms with Gasteiger partial charge >= 0.3 is 6.03 Å². The second-order valence-corrected chi connectivity index (χ2v) is 4.80. The first-order valence-corrected chi connectivity index (χ1v) is 6.57. The number of hydrogen-bond donors (Lipinski definition) is 3. The Labute approximate surface area is 108 Å². The summed E-state index contributed by atoms with van der Waals surface area (Å²) >= 11 is 0. The van der Waals surface area contributed by atoms with Gasteiger partial charge < -0.3 is 16.0 Å². The number of benzene rings is 1. The van der Waals surface area contributed by atoms with Crippen LogP contribution in [0.15, 0.2) is 30.3 Å². The smallest absolute Gasteiger partial charge is 0.315 e. The average molecular weight is 247 g/mol. The second-order valence-electron chi connectivity index (χ2n) is 4.80. The second kappa shape index (κ2) is 6.40. The molecule has 2 rings (SSSR count). The van der Waals surface area contributed by atoms with Crippen molar-refractivity contribution in [1.82, 2.24) is 16.0 Å². The standard InChI is InChI=1S/C14H21N3O/c1-11-13(8-5-9-15-11)17-14(18)16-10-12-6-3-2-4-7-12/h2-4,6-7,11,13,15H,5,8-10H2,1H3,(H2,16,17,18). The van der Waals surface area contributed by atoms with Crippen molar-refractivity contribution >= 4 is 6.03 Å². The lowest BCUT2D eigenvalue weighted by Crippen LogP contribution is -2.54. The predicted molar refractivity (Wildman–Crippen MR) is 72.3 cm³/mol. The monoisotopic (exact) mass is 247 g/mol. The van der Waals surface area contributed by atoms with Gasteiger partial charge in [-0.05, 0) is 31.9 Å². The van der Waals surface area contributed by atoms with Crippen LogP contribution in [-0.2, 0) is 6.54 Å². The van der Waals surface area contributed by atoms with E-state index in [0.717, 1.165) is 24.9 Å². The van der Waals surface area contributed by atoms with Gasteiger partial charge in [0, 0.05) is 18.6 Å². The Morgan fingerprint density at radius 1 is 1.39 bits per heavy atom. The molecule has 2 unspecified atom stereocenters. The van der Waals surface area contributed by atoms with Crippen molar-refractivity contribution in [2.24, 2.45) is 0 Å². The predicted octanol–water partition coefficient (Wildman–Crippen LogP) is 1.63. The summed E-state index contributed by atoms with van der Waals surface area (Å²) in [4.78, 5) is 11.8. The van der Waals surface area contributed by atoms with E-state index in [1.54, 1.807) is 0 Å². The zero-order chi connectivity index (χ0) is 12.8. The summed E-state index contributed by atoms with van der Waals surface area (Å²) in [5, 5.41) is 9.28. The van der Waals surface area contributed by atoms with Gasteiger partial charge in [-0.25, -0.2) is 4.79 Å². The fourth-order valence-corrected chi connectivity index (χ4v) is 2.24. The largest absolute Gasteiger partial charge is 0.334 e. The maximum absolute atomic E-state index is 11.8. The molecule has 0 radical (unpaired) electrons. The summed E-state index contributed by atoms with van der Waals surface area (Å²) in [6.07, 6.45) is 2.17. The van der Waals surface area contributed by atoms with Crippen LogP contribution < -0.4 is 16.0 Å². The Balaban J connectivity index is 1.75. The molecule has 18 heavy (non-hydrogen) atoms. The number of piperidine rings is 1. The van der Waals surface area contributed by atoms with E-state index in [4.69, 9.17) is 0 Å². The van der Waals surface area contributed by atoms with Crippen LogP contribution in [-0.4, -0.2) is 24.7 Å². The van der Waals surface area contributed by atoms with Crippen molar-refractivity contribution in [3.8, 4) is 0 Å². The summed E-state index contributed by atoms with van der Waals surface area (Å²) < 4.78 is 0. The minimum atomic E-state index is -0.0839. The number of amides is 2. The number of hydrogen-bond acceptors (Lipinski definition) is 2. The molecular formula is C14H21N3O. The highest BCUT2D eigenvalue weighted by Crippen LogP contribution is 2.07. The van der Waals surface area contributed by atoms with E-state index in [0.29, 0.717) is 12.6 Å². The number of rotatable bonds is 3. The normalized spacial score (nSPS) is 23.4. The van der Waals surface area contributed by atoms with Crippen molar-refractivity contribution in [3.63, 3.8) is 0 Å². The van der Waals surface area contributed by atoms with Crippen LogP contribution in [0.25, 0.3) is 0 Å². The molecule has 3 N–H and O–H groups in total. The summed E-state index contributed by atoms with van der Waals surface area (Å²) in [5.74, 6) is 0. The van der Waals surface area contributed by atoms with Crippen molar-refractivity contribution < 1.29 is 4.79 Å². The lowest BCUT2D eigenvalue weighted by molar-refractivity contribution is 0.227. The Bertz CT molecular complexity index is 380. The van der Waals surface area contributed by atoms with Gasteiger partial charge in [0.05, 0.1) is 0 Å². The van der Waals surface area contributed by atoms with Crippen LogP contribution in [0, 0.1) is 0 Å². The van der Waals surface area contributed by atoms with E-state index in [-0.39, 0.29) is 12.1 Å². The van der Waals surface area contributed by atoms with Crippen molar-refractivity contribution in [1.29, 1.82) is 0 Å². The SMILES string of the molecule is CC1NCCCC1NC(=O)NCc1ccccc1. The van der Waals surface area contributed by atoms with Gasteiger partial charge in [0.15, 0.2) is 0 Å². The third kappa shape index (κ3) is 3.74. The maximum Gasteiger partial charge on any atom is 0.315 e. The minimum Gasteiger partial charge on any atom is -0.334 e. The third-order valence-corrected chi connectivity index (χ3v) is 3.37. The van der Waals surface area contributed by atoms with Crippen LogP contribution >= 0.6 is 0 Å². The Morgan fingerprint density at radius 3 is 2.89 bits per heavy atom. The van der Waals surface area contributed by atoms with E-state index in [2.05, 4.69) is 22.9 Å². The van der Waals surface area contributed by atoms with Gasteiger partial charge in [0.2, 0.25) is 0 Å². The molecule has 1 fully saturated rings. The Morgan fingerprint density at radius 2 is 2.17 bits per heavy atom. The van der Waals surface area contributed by atoms with Gasteiger partial charge in [-0.1, -0.05) is 30.3 Å². The Hall–Kier alpha value is -1.55. The summed E-state index contributed by atoms with van der Waals surface area (Å²) in [7, 11) is 0. The lowest BCUT2D eigenvalue weighted by atomic mass is 10.0. The highest BCUT2D eigenvalue weighted by molar-refractivity contribution is 5.74. The van der Waals surface area contributed by atoms with Crippen molar-refractivity contribution in [2.75, 3.05) is 6.54 Å². The molecule has 1 aromatic rings. The van der Waals surface area contributed by atoms with E-state index < -0.39 is 0 Å². The van der Waals surface area contributed by atoms with Gasteiger partial charge in [-0.15, -0.1) is 0 Å². The van der Waals surface area contributed by atoms with E-state index in [9.17, 15) is 4.79 Å². The number of carbonyl (C=O) groups excluding carboxylic acids is 1. The molecule has 2 atom stereocenters. The molecule has 1 aromatic carbocycles. The minimum absolute atomic E-state index is 0.0839. The average Bonchev–Trinajstić information content (AvgIpc) is 2.40. The molecule has 0 aromatic heterocycles. The summed E-state index contributed by atoms with van der Waals surface area (Å²) in [6.45, 7) is 3.73. The van der Waals surface area contributed by atoms with Crippen LogP contribution in [0.1, 0.15) is 25.3 Å². The van der Waals surface area contributed by atoms with Gasteiger partial charge in [0.1, 0.15) is 0 Å². The molecule has 4 heteroatoms. The van der Waals surface area contributed by atoms with Crippen LogP contribution in [0.5, 0.6) is 0 Å². The fraction of sp³-hybridized carbons (Fsp3) is 0.500. The highest BCUT2D eigenvalue weighted by Gasteiger charge is 2.21. The van der Waals surface area contributed by atoms with E-state index in [1.807, 2.05) is 30.3 Å². The van der Waals surface area contributed by atoms with Crippen LogP contribution in [0.4, 0.5) is 4.79 Å². The van der Waals surface area contributed by atoms with Gasteiger partial charge in [-0.3, -0.25) is 0 Å². The molecule has 0 bridgehead atoms. The molecule has 1 saturated heterocycles. The number of urea groups is 1. The molecule has 1 aliphatic heterocycles. The molecule has 98 valence electrons. The van der Waals surface area contributed by atoms with Crippen LogP contribution in [0.2, 0.25) is 0 Å². The van der Waals surface area contributed by atoms with Crippen molar-refractivity contribution in [2.45, 2.75) is 38.4 Å². The molecule has 0 spiro atoms. The van der Waals surface area contributed by atoms with E-state index in [1.165, 1.54) is 0 Å². The summed E-state index contributed by atoms with van der Waals surface area (Å²) in [5.41, 5.74) is 1.11. The molecule has 0 saturated carbocycles. The van der Waals surface area contributed by atoms with E-state index >= 15 is 0 Å². The fourth-order valence-electron chi connectivity index (χ4n) is 2.24. The van der Waals surface area contributed by atoms with Crippen molar-refractivity contribution in [3.05, 3.63) is 35.9 Å². The Kier molecular flexibility index (Phi) is 4.59. The molecule has 4 nitrogen and oxygen atoms in total. The zero-order valence-electron chi connectivity index (χ0n) is 10.8. The topological polar surface area (TPSA) is 53.2 Å². The molecule has 2 amide bonds. The number of nitrogens with one attached hydrogen (secondary N) is 3.